The van der Waals surface area contributed by atoms with Crippen molar-refractivity contribution >= 4 is 63.0 Å². The van der Waals surface area contributed by atoms with Crippen molar-refractivity contribution in [1.29, 1.82) is 0 Å². The number of hydrogen-bond acceptors (Lipinski definition) is 14. The van der Waals surface area contributed by atoms with Crippen molar-refractivity contribution in [2.75, 3.05) is 66.5 Å². The molecule has 0 amide bonds. The van der Waals surface area contributed by atoms with E-state index < -0.39 is 0 Å². The molecule has 0 aromatic carbocycles. The smallest absolute Gasteiger partial charge is 0.227 e. The van der Waals surface area contributed by atoms with Crippen molar-refractivity contribution in [2.45, 2.75) is 180 Å². The molecule has 15 heteroatoms. The number of halogens is 1. The standard InChI is InChI=1S/C18H30N4.C17H25N5.C12H13ClN4.C5H13N/c1-3-4-13-22(2)18-20-16-12-8-7-11-15(16)17(21-18)19-14-9-5-6-10-14;1-3-4-12-22(2)17-20-14-10-7-11-18-15(14)16(21-17)19-13-8-5-6-9-13;13-12-16-9-6-3-7-14-10(9)11(17-12)15-8-4-1-2-5-8;1-3-4-5-6-2/h14H,3-13H2,1-2H3,(H,19,20,21);7,10-11,13H,3-6,8-9,12H2,1-2H3,(H,19,20,21);3,6-8H,1-2,4-5H2,(H,15,16,17);6H,3-5H2,1-2H3. The molecular weight excluding hydrogens is 856 g/mol. The monoisotopic (exact) mass is 937 g/mol. The third-order valence-corrected chi connectivity index (χ3v) is 13.5. The molecule has 9 rings (SSSR count). The maximum absolute atomic E-state index is 5.92. The van der Waals surface area contributed by atoms with E-state index in [2.05, 4.69) is 90.9 Å². The summed E-state index contributed by atoms with van der Waals surface area (Å²) < 4.78 is 0. The van der Waals surface area contributed by atoms with Gasteiger partial charge in [0.15, 0.2) is 11.6 Å². The third kappa shape index (κ3) is 15.9. The Morgan fingerprint density at radius 2 is 1.01 bits per heavy atom. The van der Waals surface area contributed by atoms with Gasteiger partial charge in [0.1, 0.15) is 16.9 Å². The molecule has 0 unspecified atom stereocenters. The second-order valence-electron chi connectivity index (χ2n) is 18.8. The summed E-state index contributed by atoms with van der Waals surface area (Å²) in [5.41, 5.74) is 6.06. The number of aryl methyl sites for hydroxylation is 1. The number of aromatic nitrogens is 8. The molecular formula is C52H81ClN14. The lowest BCUT2D eigenvalue weighted by atomic mass is 9.96. The lowest BCUT2D eigenvalue weighted by molar-refractivity contribution is 0.653. The average molecular weight is 938 g/mol. The minimum absolute atomic E-state index is 0.269. The van der Waals surface area contributed by atoms with Gasteiger partial charge in [0.2, 0.25) is 17.2 Å². The van der Waals surface area contributed by atoms with Crippen LogP contribution < -0.4 is 31.1 Å². The molecule has 366 valence electrons. The average Bonchev–Trinajstić information content (AvgIpc) is 4.19. The summed E-state index contributed by atoms with van der Waals surface area (Å²) >= 11 is 5.92. The second-order valence-corrected chi connectivity index (χ2v) is 19.2. The van der Waals surface area contributed by atoms with Crippen molar-refractivity contribution in [1.82, 2.24) is 45.2 Å². The first-order valence-corrected chi connectivity index (χ1v) is 26.3. The van der Waals surface area contributed by atoms with Gasteiger partial charge in [-0.1, -0.05) is 78.6 Å². The molecule has 5 aromatic rings. The fraction of sp³-hybridized carbons (Fsp3) is 0.654. The molecule has 4 aliphatic carbocycles. The predicted octanol–water partition coefficient (Wildman–Crippen LogP) is 11.6. The molecule has 0 atom stereocenters. The summed E-state index contributed by atoms with van der Waals surface area (Å²) in [4.78, 5) is 40.8. The summed E-state index contributed by atoms with van der Waals surface area (Å²) in [6, 6.07) is 9.33. The van der Waals surface area contributed by atoms with E-state index in [9.17, 15) is 0 Å². The molecule has 67 heavy (non-hydrogen) atoms. The van der Waals surface area contributed by atoms with E-state index in [1.54, 1.807) is 6.20 Å². The SMILES string of the molecule is CCCCN(C)c1nc(NC2CCCC2)c2ncccc2n1.CCCCN(C)c1nc2c(c(NC3CCCC3)n1)CCCC2.CCCCNC.Clc1nc(NC2CCCC2)c2ncccc2n1. The third-order valence-electron chi connectivity index (χ3n) is 13.3. The van der Waals surface area contributed by atoms with Crippen molar-refractivity contribution in [2.24, 2.45) is 0 Å². The van der Waals surface area contributed by atoms with Crippen molar-refractivity contribution in [3.05, 3.63) is 53.2 Å². The Balaban J connectivity index is 0.000000157. The van der Waals surface area contributed by atoms with E-state index in [0.717, 1.165) is 90.3 Å². The summed E-state index contributed by atoms with van der Waals surface area (Å²) in [7, 11) is 6.17. The molecule has 5 aromatic heterocycles. The first kappa shape index (κ1) is 51.7. The molecule has 0 radical (unpaired) electrons. The number of fused-ring (bicyclic) bond motifs is 3. The van der Waals surface area contributed by atoms with Gasteiger partial charge in [0.25, 0.3) is 0 Å². The van der Waals surface area contributed by atoms with E-state index in [1.807, 2.05) is 37.5 Å². The van der Waals surface area contributed by atoms with Crippen LogP contribution in [-0.4, -0.2) is 98.8 Å². The minimum Gasteiger partial charge on any atom is -0.367 e. The van der Waals surface area contributed by atoms with Crippen LogP contribution in [0.5, 0.6) is 0 Å². The molecule has 4 aliphatic rings. The lowest BCUT2D eigenvalue weighted by Gasteiger charge is -2.25. The number of rotatable bonds is 17. The van der Waals surface area contributed by atoms with Crippen LogP contribution in [0.25, 0.3) is 22.1 Å². The van der Waals surface area contributed by atoms with Gasteiger partial charge in [-0.05, 0) is 133 Å². The van der Waals surface area contributed by atoms with Crippen LogP contribution in [0.1, 0.15) is 160 Å². The van der Waals surface area contributed by atoms with Gasteiger partial charge in [-0.3, -0.25) is 9.97 Å². The van der Waals surface area contributed by atoms with Gasteiger partial charge in [-0.15, -0.1) is 0 Å². The quantitative estimate of drug-likeness (QED) is 0.0515. The largest absolute Gasteiger partial charge is 0.367 e. The van der Waals surface area contributed by atoms with Crippen LogP contribution in [0, 0.1) is 0 Å². The number of nitrogens with one attached hydrogen (secondary N) is 4. The van der Waals surface area contributed by atoms with Crippen molar-refractivity contribution in [3.8, 4) is 0 Å². The Kier molecular flexibility index (Phi) is 21.6. The molecule has 0 saturated heterocycles. The van der Waals surface area contributed by atoms with Crippen LogP contribution >= 0.6 is 11.6 Å². The molecule has 0 bridgehead atoms. The van der Waals surface area contributed by atoms with Gasteiger partial charge < -0.3 is 31.1 Å². The Hall–Kier alpha value is -4.69. The fourth-order valence-corrected chi connectivity index (χ4v) is 9.45. The van der Waals surface area contributed by atoms with Crippen LogP contribution in [0.3, 0.4) is 0 Å². The zero-order valence-corrected chi connectivity index (χ0v) is 42.5. The minimum atomic E-state index is 0.269. The molecule has 14 nitrogen and oxygen atoms in total. The molecule has 3 fully saturated rings. The fourth-order valence-electron chi connectivity index (χ4n) is 9.27. The van der Waals surface area contributed by atoms with Crippen LogP contribution in [0.4, 0.5) is 29.4 Å². The Labute approximate surface area is 406 Å². The maximum Gasteiger partial charge on any atom is 0.227 e. The second kappa shape index (κ2) is 28.0. The van der Waals surface area contributed by atoms with Gasteiger partial charge in [0, 0.05) is 63.3 Å². The van der Waals surface area contributed by atoms with Gasteiger partial charge in [-0.2, -0.15) is 15.0 Å². The summed E-state index contributed by atoms with van der Waals surface area (Å²) in [5, 5.41) is 14.1. The number of pyridine rings is 2. The van der Waals surface area contributed by atoms with E-state index in [1.165, 1.54) is 133 Å². The number of nitrogens with zero attached hydrogens (tertiary/aromatic N) is 10. The topological polar surface area (TPSA) is 158 Å². The molecule has 4 N–H and O–H groups in total. The molecule has 5 heterocycles. The molecule has 0 spiro atoms. The highest BCUT2D eigenvalue weighted by molar-refractivity contribution is 6.28. The number of hydrogen-bond donors (Lipinski definition) is 4. The van der Waals surface area contributed by atoms with E-state index in [-0.39, 0.29) is 5.28 Å². The Morgan fingerprint density at radius 3 is 1.52 bits per heavy atom. The normalized spacial score (nSPS) is 16.0. The van der Waals surface area contributed by atoms with E-state index in [4.69, 9.17) is 26.6 Å². The number of anilines is 5. The van der Waals surface area contributed by atoms with Gasteiger partial charge in [-0.25, -0.2) is 15.0 Å². The number of unbranched alkanes of at least 4 members (excludes halogenated alkanes) is 3. The first-order chi connectivity index (χ1) is 32.8. The molecule has 0 aliphatic heterocycles. The van der Waals surface area contributed by atoms with E-state index >= 15 is 0 Å². The van der Waals surface area contributed by atoms with Crippen molar-refractivity contribution < 1.29 is 0 Å². The van der Waals surface area contributed by atoms with Gasteiger partial charge >= 0.3 is 0 Å². The highest BCUT2D eigenvalue weighted by atomic mass is 35.5. The lowest BCUT2D eigenvalue weighted by Crippen LogP contribution is -2.25. The zero-order chi connectivity index (χ0) is 47.2. The highest BCUT2D eigenvalue weighted by Gasteiger charge is 2.23. The van der Waals surface area contributed by atoms with Crippen LogP contribution in [0.15, 0.2) is 36.7 Å². The Morgan fingerprint density at radius 1 is 0.552 bits per heavy atom. The van der Waals surface area contributed by atoms with Crippen LogP contribution in [-0.2, 0) is 12.8 Å². The predicted molar refractivity (Wildman–Crippen MR) is 281 cm³/mol. The van der Waals surface area contributed by atoms with Gasteiger partial charge in [0.05, 0.1) is 16.7 Å². The van der Waals surface area contributed by atoms with E-state index in [0.29, 0.717) is 18.1 Å². The zero-order valence-electron chi connectivity index (χ0n) is 41.7. The highest BCUT2D eigenvalue weighted by Crippen LogP contribution is 2.31. The summed E-state index contributed by atoms with van der Waals surface area (Å²) in [5.74, 6) is 4.47. The maximum atomic E-state index is 5.92. The van der Waals surface area contributed by atoms with Crippen molar-refractivity contribution in [3.63, 3.8) is 0 Å². The summed E-state index contributed by atoms with van der Waals surface area (Å²) in [6.07, 6.45) is 31.0. The summed E-state index contributed by atoms with van der Waals surface area (Å²) in [6.45, 7) is 9.80. The molecule has 3 saturated carbocycles. The first-order valence-electron chi connectivity index (χ1n) is 26.0. The Bertz CT molecular complexity index is 2200. The van der Waals surface area contributed by atoms with Crippen LogP contribution in [0.2, 0.25) is 5.28 Å².